The third kappa shape index (κ3) is 7.05. The first-order chi connectivity index (χ1) is 27.0. The highest BCUT2D eigenvalue weighted by molar-refractivity contribution is 5.98. The van der Waals surface area contributed by atoms with Crippen molar-refractivity contribution in [2.45, 2.75) is 103 Å². The molecular weight excluding hydrogens is 705 g/mol. The lowest BCUT2D eigenvalue weighted by Crippen LogP contribution is -2.51. The largest absolute Gasteiger partial charge is 0.453 e. The molecule has 0 bridgehead atoms. The lowest BCUT2D eigenvalue weighted by Gasteiger charge is -2.31. The van der Waals surface area contributed by atoms with Crippen molar-refractivity contribution in [2.75, 3.05) is 25.5 Å². The molecular formula is C45H54N6O5. The van der Waals surface area contributed by atoms with Gasteiger partial charge in [-0.1, -0.05) is 58.0 Å². The topological polar surface area (TPSA) is 137 Å². The summed E-state index contributed by atoms with van der Waals surface area (Å²) < 4.78 is 4.80. The predicted molar refractivity (Wildman–Crippen MR) is 217 cm³/mol. The number of imidazole rings is 1. The molecule has 5 unspecified atom stereocenters. The van der Waals surface area contributed by atoms with Crippen LogP contribution in [0.4, 0.5) is 10.5 Å². The van der Waals surface area contributed by atoms with Crippen LogP contribution in [0.15, 0.2) is 54.6 Å². The molecule has 8 rings (SSSR count). The summed E-state index contributed by atoms with van der Waals surface area (Å²) in [6, 6.07) is 17.7. The van der Waals surface area contributed by atoms with E-state index in [0.717, 1.165) is 59.4 Å². The average molecular weight is 759 g/mol. The van der Waals surface area contributed by atoms with Crippen LogP contribution in [0.3, 0.4) is 0 Å². The molecule has 3 heterocycles. The zero-order valence-electron chi connectivity index (χ0n) is 33.2. The number of hydrogen-bond acceptors (Lipinski definition) is 6. The van der Waals surface area contributed by atoms with Crippen LogP contribution in [0.5, 0.6) is 0 Å². The number of amides is 4. The second-order valence-electron chi connectivity index (χ2n) is 17.0. The maximum Gasteiger partial charge on any atom is 0.407 e. The van der Waals surface area contributed by atoms with Gasteiger partial charge in [0.25, 0.3) is 0 Å². The number of nitrogens with zero attached hydrogens (tertiary/aromatic N) is 3. The van der Waals surface area contributed by atoms with Gasteiger partial charge in [0.05, 0.1) is 24.2 Å². The van der Waals surface area contributed by atoms with Gasteiger partial charge in [-0.15, -0.1) is 0 Å². The third-order valence-electron chi connectivity index (χ3n) is 12.6. The summed E-state index contributed by atoms with van der Waals surface area (Å²) in [7, 11) is 1.30. The third-order valence-corrected chi connectivity index (χ3v) is 12.6. The van der Waals surface area contributed by atoms with Gasteiger partial charge in [0.2, 0.25) is 17.7 Å². The second kappa shape index (κ2) is 15.4. The number of ether oxygens (including phenoxy) is 1. The lowest BCUT2D eigenvalue weighted by atomic mass is 9.73. The Balaban J connectivity index is 1.05. The molecule has 1 aromatic heterocycles. The highest BCUT2D eigenvalue weighted by atomic mass is 16.5. The minimum Gasteiger partial charge on any atom is -0.453 e. The van der Waals surface area contributed by atoms with Crippen LogP contribution in [0.25, 0.3) is 33.3 Å². The van der Waals surface area contributed by atoms with Gasteiger partial charge in [-0.05, 0) is 126 Å². The Morgan fingerprint density at radius 3 is 2.41 bits per heavy atom. The molecule has 56 heavy (non-hydrogen) atoms. The molecule has 4 aromatic rings. The molecule has 1 saturated carbocycles. The summed E-state index contributed by atoms with van der Waals surface area (Å²) in [4.78, 5) is 64.4. The summed E-state index contributed by atoms with van der Waals surface area (Å²) in [5.41, 5.74) is 10.0. The zero-order chi connectivity index (χ0) is 39.2. The molecule has 2 saturated heterocycles. The van der Waals surface area contributed by atoms with Crippen molar-refractivity contribution in [3.63, 3.8) is 0 Å². The van der Waals surface area contributed by atoms with E-state index in [4.69, 9.17) is 9.72 Å². The maximum atomic E-state index is 13.7. The van der Waals surface area contributed by atoms with E-state index in [9.17, 15) is 19.2 Å². The van der Waals surface area contributed by atoms with Gasteiger partial charge in [0.1, 0.15) is 17.9 Å². The molecule has 11 heteroatoms. The molecule has 4 amide bonds. The monoisotopic (exact) mass is 758 g/mol. The molecule has 3 fully saturated rings. The molecule has 0 spiro atoms. The van der Waals surface area contributed by atoms with Crippen LogP contribution < -0.4 is 10.6 Å². The van der Waals surface area contributed by atoms with Crippen molar-refractivity contribution in [2.24, 2.45) is 17.8 Å². The first-order valence-corrected chi connectivity index (χ1v) is 20.5. The van der Waals surface area contributed by atoms with Crippen LogP contribution in [0.1, 0.15) is 102 Å². The van der Waals surface area contributed by atoms with Crippen LogP contribution in [0, 0.1) is 17.8 Å². The summed E-state index contributed by atoms with van der Waals surface area (Å²) in [5, 5.41) is 5.88. The van der Waals surface area contributed by atoms with Crippen LogP contribution in [0.2, 0.25) is 0 Å². The predicted octanol–water partition coefficient (Wildman–Crippen LogP) is 7.97. The number of likely N-dealkylation sites (tertiary alicyclic amines) is 2. The number of carbonyl (C=O) groups excluding carboxylic acids is 4. The average Bonchev–Trinajstić information content (AvgIpc) is 3.98. The number of methoxy groups -OCH3 is 1. The number of benzene rings is 3. The van der Waals surface area contributed by atoms with Crippen LogP contribution in [-0.4, -0.2) is 75.9 Å². The van der Waals surface area contributed by atoms with Crippen molar-refractivity contribution in [1.82, 2.24) is 25.1 Å². The smallest absolute Gasteiger partial charge is 0.407 e. The Hall–Kier alpha value is -5.19. The minimum atomic E-state index is -0.685. The van der Waals surface area contributed by atoms with Gasteiger partial charge < -0.3 is 30.2 Å². The minimum absolute atomic E-state index is 0.0578. The fourth-order valence-corrected chi connectivity index (χ4v) is 9.63. The summed E-state index contributed by atoms with van der Waals surface area (Å²) >= 11 is 0. The van der Waals surface area contributed by atoms with Gasteiger partial charge in [-0.2, -0.15) is 0 Å². The quantitative estimate of drug-likeness (QED) is 0.150. The van der Waals surface area contributed by atoms with E-state index >= 15 is 0 Å². The van der Waals surface area contributed by atoms with Crippen molar-refractivity contribution < 1.29 is 23.9 Å². The first kappa shape index (κ1) is 37.7. The van der Waals surface area contributed by atoms with Crippen LogP contribution >= 0.6 is 0 Å². The highest BCUT2D eigenvalue weighted by Crippen LogP contribution is 2.56. The van der Waals surface area contributed by atoms with Gasteiger partial charge in [-0.25, -0.2) is 9.78 Å². The van der Waals surface area contributed by atoms with Crippen LogP contribution in [-0.2, 0) is 25.5 Å². The Kier molecular flexibility index (Phi) is 10.4. The lowest BCUT2D eigenvalue weighted by molar-refractivity contribution is -0.137. The number of rotatable bonds is 10. The van der Waals surface area contributed by atoms with E-state index in [-0.39, 0.29) is 35.6 Å². The number of hydrogen-bond donors (Lipinski definition) is 3. The van der Waals surface area contributed by atoms with E-state index in [0.29, 0.717) is 37.8 Å². The number of fused-ring (bicyclic) bond motifs is 4. The fourth-order valence-electron chi connectivity index (χ4n) is 9.63. The Bertz CT molecular complexity index is 2170. The molecule has 5 atom stereocenters. The molecule has 294 valence electrons. The first-order valence-electron chi connectivity index (χ1n) is 20.5. The van der Waals surface area contributed by atoms with Gasteiger partial charge >= 0.3 is 6.09 Å². The molecule has 3 aromatic carbocycles. The van der Waals surface area contributed by atoms with E-state index in [1.807, 2.05) is 44.7 Å². The molecule has 2 aliphatic carbocycles. The molecule has 11 nitrogen and oxygen atoms in total. The Morgan fingerprint density at radius 2 is 1.66 bits per heavy atom. The number of aromatic amines is 1. The molecule has 3 N–H and O–H groups in total. The summed E-state index contributed by atoms with van der Waals surface area (Å²) in [6.45, 7) is 9.14. The Morgan fingerprint density at radius 1 is 0.893 bits per heavy atom. The maximum absolute atomic E-state index is 13.7. The number of carbonyl (C=O) groups is 4. The summed E-state index contributed by atoms with van der Waals surface area (Å²) in [6.07, 6.45) is 6.48. The number of nitrogens with one attached hydrogen (secondary N) is 3. The van der Waals surface area contributed by atoms with E-state index in [1.165, 1.54) is 42.2 Å². The van der Waals surface area contributed by atoms with Crippen molar-refractivity contribution in [3.8, 4) is 22.3 Å². The molecule has 4 aliphatic rings. The van der Waals surface area contributed by atoms with Crippen molar-refractivity contribution >= 4 is 40.5 Å². The number of alkyl carbamates (subject to hydrolysis) is 1. The normalized spacial score (nSPS) is 21.9. The Labute approximate surface area is 329 Å². The zero-order valence-corrected chi connectivity index (χ0v) is 33.2. The standard InChI is InChI=1S/C45H54N6O5/c1-25(2)21-39(52)50-19-8-12-38(50)43(53)46-30-10-6-9-27(22-30)31-16-17-33(40-32-15-13-28(32)23-34(31)40)29-14-18-35-36(24-29)48-42(47-35)37-11-7-20-51(37)44(54)41(26(3)4)49-45(55)56-5/h6,9-10,14,16-18,22,24-26,28,32,37-38,41H,7-8,11-13,15,19-21,23H2,1-5H3,(H,46,53)(H,47,48)(H,49,55). The van der Waals surface area contributed by atoms with Gasteiger partial charge in [0.15, 0.2) is 0 Å². The fraction of sp³-hybridized carbons (Fsp3) is 0.489. The van der Waals surface area contributed by atoms with E-state index in [2.05, 4.69) is 58.1 Å². The number of anilines is 1. The van der Waals surface area contributed by atoms with Gasteiger partial charge in [0, 0.05) is 25.2 Å². The van der Waals surface area contributed by atoms with Crippen molar-refractivity contribution in [3.05, 3.63) is 71.5 Å². The SMILES string of the molecule is COC(=O)NC(C(=O)N1CCCC1c1nc2ccc(-c3ccc(-c4cccc(NC(=O)C5CCCN5C(=O)CC(C)C)c4)c4c3C3CCC3C4)cc2[nH]1)C(C)C. The highest BCUT2D eigenvalue weighted by Gasteiger charge is 2.42. The molecule has 2 aliphatic heterocycles. The summed E-state index contributed by atoms with van der Waals surface area (Å²) in [5.74, 6) is 1.90. The molecule has 0 radical (unpaired) electrons. The van der Waals surface area contributed by atoms with Gasteiger partial charge in [-0.3, -0.25) is 14.4 Å². The van der Waals surface area contributed by atoms with Crippen molar-refractivity contribution in [1.29, 1.82) is 0 Å². The number of aromatic nitrogens is 2. The van der Waals surface area contributed by atoms with E-state index < -0.39 is 18.2 Å². The number of H-pyrrole nitrogens is 1. The van der Waals surface area contributed by atoms with E-state index in [1.54, 1.807) is 4.90 Å². The second-order valence-corrected chi connectivity index (χ2v) is 17.0.